The van der Waals surface area contributed by atoms with Crippen LogP contribution in [0.5, 0.6) is 0 Å². The molecule has 3 fully saturated rings. The number of alkyl carbamates (subject to hydrolysis) is 1. The van der Waals surface area contributed by atoms with Crippen LogP contribution in [-0.4, -0.2) is 118 Å². The van der Waals surface area contributed by atoms with E-state index in [9.17, 15) is 25.2 Å². The molecule has 3 aliphatic rings. The number of nitrogens with one attached hydrogen (secondary N) is 1. The maximum absolute atomic E-state index is 16.1. The summed E-state index contributed by atoms with van der Waals surface area (Å²) in [4.78, 5) is 12.5. The molecule has 1 amide bonds. The van der Waals surface area contributed by atoms with Crippen molar-refractivity contribution in [3.8, 4) is 0 Å². The van der Waals surface area contributed by atoms with Gasteiger partial charge in [-0.3, -0.25) is 0 Å². The maximum atomic E-state index is 16.1. The number of hydrogen-bond acceptors (Lipinski definition) is 12. The summed E-state index contributed by atoms with van der Waals surface area (Å²) < 4.78 is 44.7. The first kappa shape index (κ1) is 32.3. The molecule has 0 radical (unpaired) electrons. The minimum Gasteiger partial charge on any atom is -0.444 e. The molecule has 1 saturated carbocycles. The minimum atomic E-state index is -1.81. The van der Waals surface area contributed by atoms with E-state index in [1.165, 1.54) is 0 Å². The molecular formula is C25H46FN3O10. The third-order valence-corrected chi connectivity index (χ3v) is 7.44. The van der Waals surface area contributed by atoms with Gasteiger partial charge in [0.1, 0.15) is 30.0 Å². The van der Waals surface area contributed by atoms with E-state index in [0.717, 1.165) is 0 Å². The van der Waals surface area contributed by atoms with Crippen LogP contribution in [0.3, 0.4) is 0 Å². The predicted octanol–water partition coefficient (Wildman–Crippen LogP) is -0.992. The van der Waals surface area contributed by atoms with Crippen LogP contribution < -0.4 is 16.8 Å². The van der Waals surface area contributed by atoms with Crippen molar-refractivity contribution in [2.45, 2.75) is 139 Å². The van der Waals surface area contributed by atoms with E-state index in [1.807, 2.05) is 6.92 Å². The molecule has 2 heterocycles. The quantitative estimate of drug-likeness (QED) is 0.198. The molecule has 0 spiro atoms. The molecule has 1 aliphatic carbocycles. The molecule has 0 aromatic heterocycles. The summed E-state index contributed by atoms with van der Waals surface area (Å²) in [6, 6.07) is -2.83. The van der Waals surface area contributed by atoms with Crippen LogP contribution in [0.1, 0.15) is 53.9 Å². The second-order valence-electron chi connectivity index (χ2n) is 11.8. The molecule has 14 heteroatoms. The van der Waals surface area contributed by atoms with Crippen molar-refractivity contribution in [1.29, 1.82) is 0 Å². The molecule has 14 unspecified atom stereocenters. The largest absolute Gasteiger partial charge is 0.444 e. The Labute approximate surface area is 228 Å². The highest BCUT2D eigenvalue weighted by atomic mass is 19.1. The van der Waals surface area contributed by atoms with Crippen molar-refractivity contribution in [2.24, 2.45) is 17.4 Å². The van der Waals surface area contributed by atoms with Crippen molar-refractivity contribution in [3.05, 3.63) is 0 Å². The van der Waals surface area contributed by atoms with E-state index in [4.69, 9.17) is 35.2 Å². The van der Waals surface area contributed by atoms with Crippen LogP contribution in [0, 0.1) is 5.92 Å². The Morgan fingerprint density at radius 2 is 1.64 bits per heavy atom. The van der Waals surface area contributed by atoms with Crippen molar-refractivity contribution in [3.63, 3.8) is 0 Å². The fraction of sp³-hybridized carbons (Fsp3) is 0.960. The Morgan fingerprint density at radius 3 is 2.23 bits per heavy atom. The summed E-state index contributed by atoms with van der Waals surface area (Å²) in [6.45, 7) is 8.14. The van der Waals surface area contributed by atoms with Gasteiger partial charge in [0.15, 0.2) is 18.8 Å². The molecule has 13 nitrogen and oxygen atoms in total. The van der Waals surface area contributed by atoms with Crippen LogP contribution in [0.25, 0.3) is 0 Å². The van der Waals surface area contributed by atoms with Gasteiger partial charge in [0.05, 0.1) is 37.0 Å². The van der Waals surface area contributed by atoms with Gasteiger partial charge in [-0.25, -0.2) is 9.18 Å². The highest BCUT2D eigenvalue weighted by molar-refractivity contribution is 5.68. The summed E-state index contributed by atoms with van der Waals surface area (Å²) in [7, 11) is 0. The van der Waals surface area contributed by atoms with Crippen molar-refractivity contribution in [2.75, 3.05) is 6.61 Å². The standard InChI is InChI=1S/C25H46FN3O10/c1-6-14-13(31)8-12(29-24(34)39-25(3,4)5)22(35-14)37-20-10(2)7-11(27)21(16(20)26)38-23-19(33)17(28)18(32)15(9-30)36-23/h10-23,30-33H,6-9,27-28H2,1-5H3,(H,29,34). The molecule has 2 saturated heterocycles. The third kappa shape index (κ3) is 7.76. The average Bonchev–Trinajstić information content (AvgIpc) is 2.84. The lowest BCUT2D eigenvalue weighted by Gasteiger charge is -2.47. The number of hydrogen-bond donors (Lipinski definition) is 7. The topological polar surface area (TPSA) is 208 Å². The fourth-order valence-corrected chi connectivity index (χ4v) is 5.32. The first-order valence-electron chi connectivity index (χ1n) is 13.6. The SMILES string of the molecule is CCC1OC(OC2C(C)CC(N)C(OC3OC(CO)C(O)C(N)C3O)C2F)C(NC(=O)OC(C)(C)C)CC1O. The van der Waals surface area contributed by atoms with Gasteiger partial charge in [0.25, 0.3) is 0 Å². The first-order valence-corrected chi connectivity index (χ1v) is 13.6. The predicted molar refractivity (Wildman–Crippen MR) is 135 cm³/mol. The second kappa shape index (κ2) is 13.2. The first-order chi connectivity index (χ1) is 18.2. The number of halogens is 1. The van der Waals surface area contributed by atoms with E-state index >= 15 is 4.39 Å². The van der Waals surface area contributed by atoms with Gasteiger partial charge in [0, 0.05) is 12.5 Å². The van der Waals surface area contributed by atoms with E-state index in [-0.39, 0.29) is 18.8 Å². The molecule has 39 heavy (non-hydrogen) atoms. The maximum Gasteiger partial charge on any atom is 0.408 e. The highest BCUT2D eigenvalue weighted by Gasteiger charge is 2.51. The van der Waals surface area contributed by atoms with Crippen LogP contribution >= 0.6 is 0 Å². The fourth-order valence-electron chi connectivity index (χ4n) is 5.32. The van der Waals surface area contributed by atoms with Gasteiger partial charge in [-0.2, -0.15) is 0 Å². The zero-order valence-electron chi connectivity index (χ0n) is 23.2. The zero-order valence-corrected chi connectivity index (χ0v) is 23.2. The Morgan fingerprint density at radius 1 is 1.03 bits per heavy atom. The van der Waals surface area contributed by atoms with Crippen molar-refractivity contribution in [1.82, 2.24) is 5.32 Å². The minimum absolute atomic E-state index is 0.102. The number of carbonyl (C=O) groups excluding carboxylic acids is 1. The molecule has 2 aliphatic heterocycles. The van der Waals surface area contributed by atoms with Crippen LogP contribution in [0.4, 0.5) is 9.18 Å². The Hall–Kier alpha value is -1.20. The Kier molecular flexibility index (Phi) is 10.9. The average molecular weight is 568 g/mol. The summed E-state index contributed by atoms with van der Waals surface area (Å²) in [6.07, 6.45) is -12.1. The molecule has 0 aromatic rings. The van der Waals surface area contributed by atoms with Crippen LogP contribution in [-0.2, 0) is 23.7 Å². The molecular weight excluding hydrogens is 521 g/mol. The van der Waals surface area contributed by atoms with E-state index in [2.05, 4.69) is 5.32 Å². The summed E-state index contributed by atoms with van der Waals surface area (Å²) in [5.41, 5.74) is 11.3. The number of nitrogens with two attached hydrogens (primary N) is 2. The molecule has 0 bridgehead atoms. The van der Waals surface area contributed by atoms with Gasteiger partial charge >= 0.3 is 6.09 Å². The Balaban J connectivity index is 1.76. The van der Waals surface area contributed by atoms with Gasteiger partial charge in [0.2, 0.25) is 0 Å². The number of aliphatic hydroxyl groups is 4. The molecule has 0 aromatic carbocycles. The van der Waals surface area contributed by atoms with Gasteiger partial charge in [-0.15, -0.1) is 0 Å². The number of amides is 1. The summed E-state index contributed by atoms with van der Waals surface area (Å²) in [5.74, 6) is -0.390. The highest BCUT2D eigenvalue weighted by Crippen LogP contribution is 2.36. The lowest BCUT2D eigenvalue weighted by molar-refractivity contribution is -0.312. The number of alkyl halides is 1. The third-order valence-electron chi connectivity index (χ3n) is 7.44. The molecule has 228 valence electrons. The number of carbonyl (C=O) groups is 1. The van der Waals surface area contributed by atoms with E-state index < -0.39 is 97.9 Å². The second-order valence-corrected chi connectivity index (χ2v) is 11.8. The Bertz CT molecular complexity index is 805. The normalized spacial score (nSPS) is 45.5. The number of aliphatic hydroxyl groups excluding tert-OH is 4. The smallest absolute Gasteiger partial charge is 0.408 e. The van der Waals surface area contributed by atoms with Gasteiger partial charge in [-0.05, 0) is 39.5 Å². The molecule has 9 N–H and O–H groups in total. The summed E-state index contributed by atoms with van der Waals surface area (Å²) in [5, 5.41) is 43.2. The number of rotatable bonds is 7. The summed E-state index contributed by atoms with van der Waals surface area (Å²) >= 11 is 0. The lowest BCUT2D eigenvalue weighted by Crippen LogP contribution is -2.66. The number of ether oxygens (including phenoxy) is 5. The van der Waals surface area contributed by atoms with Crippen molar-refractivity contribution >= 4 is 6.09 Å². The lowest BCUT2D eigenvalue weighted by atomic mass is 9.81. The monoisotopic (exact) mass is 567 g/mol. The van der Waals surface area contributed by atoms with E-state index in [0.29, 0.717) is 6.42 Å². The molecule has 14 atom stereocenters. The van der Waals surface area contributed by atoms with Crippen LogP contribution in [0.2, 0.25) is 0 Å². The van der Waals surface area contributed by atoms with Gasteiger partial charge in [-0.1, -0.05) is 13.8 Å². The van der Waals surface area contributed by atoms with Crippen LogP contribution in [0.15, 0.2) is 0 Å². The zero-order chi connectivity index (χ0) is 29.2. The van der Waals surface area contributed by atoms with Gasteiger partial charge < -0.3 is 60.9 Å². The molecule has 3 rings (SSSR count). The van der Waals surface area contributed by atoms with E-state index in [1.54, 1.807) is 27.7 Å². The van der Waals surface area contributed by atoms with Crippen molar-refractivity contribution < 1.29 is 53.3 Å².